The largest absolute Gasteiger partial charge is 0.373 e. The number of amidine groups is 1. The third-order valence-corrected chi connectivity index (χ3v) is 3.59. The lowest BCUT2D eigenvalue weighted by Gasteiger charge is -2.21. The number of thioether (sulfide) groups is 1. The van der Waals surface area contributed by atoms with E-state index in [1.54, 1.807) is 23.2 Å². The lowest BCUT2D eigenvalue weighted by atomic mass is 10.2. The molecule has 3 N–H and O–H groups in total. The molecule has 6 nitrogen and oxygen atoms in total. The predicted octanol–water partition coefficient (Wildman–Crippen LogP) is 1.04. The topological polar surface area (TPSA) is 91.8 Å². The number of carbonyl (C=O) groups is 1. The number of halogens is 1. The molecular formula is C10H11ClN4O2S. The summed E-state index contributed by atoms with van der Waals surface area (Å²) in [5.74, 6) is 0.452. The van der Waals surface area contributed by atoms with Gasteiger partial charge in [0.05, 0.1) is 0 Å². The second-order valence-corrected chi connectivity index (χ2v) is 5.02. The zero-order chi connectivity index (χ0) is 13.1. The Morgan fingerprint density at radius 3 is 3.11 bits per heavy atom. The number of hydrogen-bond acceptors (Lipinski definition) is 4. The average molecular weight is 287 g/mol. The van der Waals surface area contributed by atoms with Crippen LogP contribution in [-0.2, 0) is 6.54 Å². The van der Waals surface area contributed by atoms with Gasteiger partial charge in [-0.25, -0.2) is 9.78 Å². The van der Waals surface area contributed by atoms with Crippen LogP contribution >= 0.6 is 23.4 Å². The van der Waals surface area contributed by atoms with E-state index in [2.05, 4.69) is 9.98 Å². The first-order valence-corrected chi connectivity index (χ1v) is 6.48. The van der Waals surface area contributed by atoms with Crippen LogP contribution in [0.1, 0.15) is 5.56 Å². The second-order valence-electron chi connectivity index (χ2n) is 3.64. The average Bonchev–Trinajstić information content (AvgIpc) is 2.64. The zero-order valence-electron chi connectivity index (χ0n) is 9.28. The van der Waals surface area contributed by atoms with E-state index in [1.165, 1.54) is 11.8 Å². The molecule has 1 aliphatic heterocycles. The molecular weight excluding hydrogens is 276 g/mol. The minimum Gasteiger partial charge on any atom is -0.373 e. The number of nitrogens with two attached hydrogens (primary N) is 1. The highest BCUT2D eigenvalue weighted by atomic mass is 35.5. The Kier molecular flexibility index (Phi) is 4.05. The summed E-state index contributed by atoms with van der Waals surface area (Å²) >= 11 is 6.98. The molecule has 0 saturated carbocycles. The van der Waals surface area contributed by atoms with Crippen molar-refractivity contribution in [3.05, 3.63) is 29.0 Å². The van der Waals surface area contributed by atoms with Gasteiger partial charge < -0.3 is 15.7 Å². The molecule has 1 aromatic heterocycles. The SMILES string of the molecule is NC(=O)/N=C1/SCC(O)N1Cc1ccc(Cl)nc1. The second kappa shape index (κ2) is 5.55. The first-order chi connectivity index (χ1) is 8.56. The van der Waals surface area contributed by atoms with E-state index >= 15 is 0 Å². The summed E-state index contributed by atoms with van der Waals surface area (Å²) in [5.41, 5.74) is 5.87. The highest BCUT2D eigenvalue weighted by molar-refractivity contribution is 8.14. The molecule has 1 atom stereocenters. The fourth-order valence-electron chi connectivity index (χ4n) is 1.51. The number of pyridine rings is 1. The van der Waals surface area contributed by atoms with Crippen molar-refractivity contribution < 1.29 is 9.90 Å². The Labute approximate surface area is 113 Å². The van der Waals surface area contributed by atoms with Crippen LogP contribution in [0.5, 0.6) is 0 Å². The van der Waals surface area contributed by atoms with Crippen molar-refractivity contribution in [1.82, 2.24) is 9.88 Å². The molecule has 1 aromatic rings. The van der Waals surface area contributed by atoms with Gasteiger partial charge in [0.2, 0.25) is 0 Å². The lowest BCUT2D eigenvalue weighted by Crippen LogP contribution is -2.33. The van der Waals surface area contributed by atoms with E-state index in [0.29, 0.717) is 22.6 Å². The number of nitrogens with zero attached hydrogens (tertiary/aromatic N) is 3. The van der Waals surface area contributed by atoms with Gasteiger partial charge in [0.25, 0.3) is 0 Å². The van der Waals surface area contributed by atoms with Crippen LogP contribution in [0.15, 0.2) is 23.3 Å². The van der Waals surface area contributed by atoms with Gasteiger partial charge in [0, 0.05) is 18.5 Å². The van der Waals surface area contributed by atoms with Crippen LogP contribution < -0.4 is 5.73 Å². The van der Waals surface area contributed by atoms with Gasteiger partial charge in [-0.15, -0.1) is 0 Å². The van der Waals surface area contributed by atoms with Gasteiger partial charge in [-0.2, -0.15) is 4.99 Å². The summed E-state index contributed by atoms with van der Waals surface area (Å²) in [4.78, 5) is 20.0. The fourth-order valence-corrected chi connectivity index (χ4v) is 2.61. The van der Waals surface area contributed by atoms with Crippen LogP contribution in [0.2, 0.25) is 5.15 Å². The molecule has 2 rings (SSSR count). The Balaban J connectivity index is 2.15. The molecule has 0 spiro atoms. The Hall–Kier alpha value is -1.31. The van der Waals surface area contributed by atoms with Crippen molar-refractivity contribution in [2.24, 2.45) is 10.7 Å². The first kappa shape index (κ1) is 13.1. The smallest absolute Gasteiger partial charge is 0.340 e. The molecule has 0 radical (unpaired) electrons. The third kappa shape index (κ3) is 3.12. The van der Waals surface area contributed by atoms with E-state index in [-0.39, 0.29) is 0 Å². The summed E-state index contributed by atoms with van der Waals surface area (Å²) in [5, 5.41) is 10.6. The number of urea groups is 1. The van der Waals surface area contributed by atoms with Crippen LogP contribution in [-0.4, -0.2) is 38.2 Å². The fraction of sp³-hybridized carbons (Fsp3) is 0.300. The number of hydrogen-bond donors (Lipinski definition) is 2. The third-order valence-electron chi connectivity index (χ3n) is 2.31. The summed E-state index contributed by atoms with van der Waals surface area (Å²) in [6.07, 6.45) is 0.920. The molecule has 96 valence electrons. The summed E-state index contributed by atoms with van der Waals surface area (Å²) in [6.45, 7) is 0.393. The highest BCUT2D eigenvalue weighted by Crippen LogP contribution is 2.24. The molecule has 1 unspecified atom stereocenters. The van der Waals surface area contributed by atoms with Crippen molar-refractivity contribution in [2.75, 3.05) is 5.75 Å². The van der Waals surface area contributed by atoms with Gasteiger partial charge in [0.15, 0.2) is 5.17 Å². The molecule has 8 heteroatoms. The summed E-state index contributed by atoms with van der Waals surface area (Å²) < 4.78 is 0. The number of aliphatic imine (C=N–C) groups is 1. The number of aromatic nitrogens is 1. The van der Waals surface area contributed by atoms with Gasteiger partial charge in [-0.3, -0.25) is 0 Å². The number of amides is 2. The van der Waals surface area contributed by atoms with Crippen LogP contribution in [0.25, 0.3) is 0 Å². The molecule has 0 aliphatic carbocycles. The minimum atomic E-state index is -0.772. The molecule has 0 bridgehead atoms. The van der Waals surface area contributed by atoms with Crippen molar-refractivity contribution in [2.45, 2.75) is 12.8 Å². The van der Waals surface area contributed by atoms with Crippen molar-refractivity contribution in [3.63, 3.8) is 0 Å². The summed E-state index contributed by atoms with van der Waals surface area (Å²) in [6, 6.07) is 2.69. The van der Waals surface area contributed by atoms with Crippen molar-refractivity contribution in [3.8, 4) is 0 Å². The van der Waals surface area contributed by atoms with Crippen molar-refractivity contribution >= 4 is 34.6 Å². The minimum absolute atomic E-state index is 0.393. The van der Waals surface area contributed by atoms with Gasteiger partial charge in [0.1, 0.15) is 11.4 Å². The molecule has 1 saturated heterocycles. The number of primary amides is 1. The Bertz CT molecular complexity index is 479. The first-order valence-electron chi connectivity index (χ1n) is 5.12. The van der Waals surface area contributed by atoms with Crippen molar-refractivity contribution in [1.29, 1.82) is 0 Å². The quantitative estimate of drug-likeness (QED) is 0.793. The van der Waals surface area contributed by atoms with E-state index in [9.17, 15) is 9.90 Å². The van der Waals surface area contributed by atoms with Gasteiger partial charge in [-0.05, 0) is 11.6 Å². The van der Waals surface area contributed by atoms with Crippen LogP contribution in [0, 0.1) is 0 Å². The van der Waals surface area contributed by atoms with Gasteiger partial charge in [-0.1, -0.05) is 29.4 Å². The van der Waals surface area contributed by atoms with E-state index < -0.39 is 12.3 Å². The van der Waals surface area contributed by atoms with Gasteiger partial charge >= 0.3 is 6.03 Å². The Morgan fingerprint density at radius 1 is 1.72 bits per heavy atom. The molecule has 2 amide bonds. The number of carbonyl (C=O) groups excluding carboxylic acids is 1. The normalized spacial score (nSPS) is 21.6. The van der Waals surface area contributed by atoms with E-state index in [0.717, 1.165) is 5.56 Å². The maximum atomic E-state index is 10.8. The maximum absolute atomic E-state index is 10.8. The van der Waals surface area contributed by atoms with Crippen LogP contribution in [0.4, 0.5) is 4.79 Å². The number of aliphatic hydroxyl groups excluding tert-OH is 1. The monoisotopic (exact) mass is 286 g/mol. The molecule has 1 aliphatic rings. The Morgan fingerprint density at radius 2 is 2.50 bits per heavy atom. The van der Waals surface area contributed by atoms with Crippen LogP contribution in [0.3, 0.4) is 0 Å². The summed E-state index contributed by atoms with van der Waals surface area (Å²) in [7, 11) is 0. The molecule has 0 aromatic carbocycles. The molecule has 2 heterocycles. The van der Waals surface area contributed by atoms with E-state index in [1.807, 2.05) is 0 Å². The predicted molar refractivity (Wildman–Crippen MR) is 70.3 cm³/mol. The molecule has 1 fully saturated rings. The number of aliphatic hydroxyl groups is 1. The standard InChI is InChI=1S/C10H11ClN4O2S/c11-7-2-1-6(3-13-7)4-15-8(16)5-18-10(15)14-9(12)17/h1-3,8,16H,4-5H2,(H2,12,17)/b14-10+. The lowest BCUT2D eigenvalue weighted by molar-refractivity contribution is 0.0778. The highest BCUT2D eigenvalue weighted by Gasteiger charge is 2.29. The zero-order valence-corrected chi connectivity index (χ0v) is 10.9. The number of rotatable bonds is 2. The molecule has 18 heavy (non-hydrogen) atoms. The maximum Gasteiger partial charge on any atom is 0.340 e. The van der Waals surface area contributed by atoms with E-state index in [4.69, 9.17) is 17.3 Å².